The van der Waals surface area contributed by atoms with Crippen molar-refractivity contribution in [1.29, 1.82) is 0 Å². The first-order valence-electron chi connectivity index (χ1n) is 6.01. The quantitative estimate of drug-likeness (QED) is 0.695. The molecule has 0 N–H and O–H groups in total. The van der Waals surface area contributed by atoms with Crippen molar-refractivity contribution in [2.75, 3.05) is 0 Å². The molecule has 0 aliphatic heterocycles. The number of carbonyl (C=O) groups excluding carboxylic acids is 1. The Balaban J connectivity index is 1.71. The van der Waals surface area contributed by atoms with Crippen molar-refractivity contribution < 1.29 is 9.90 Å². The van der Waals surface area contributed by atoms with Crippen LogP contribution in [-0.2, 0) is 5.75 Å². The van der Waals surface area contributed by atoms with E-state index in [2.05, 4.69) is 11.1 Å². The Kier molecular flexibility index (Phi) is 3.71. The van der Waals surface area contributed by atoms with E-state index in [1.54, 1.807) is 35.2 Å². The number of carbonyl (C=O) groups is 1. The lowest BCUT2D eigenvalue weighted by atomic mass is 10.1. The molecule has 0 saturated carbocycles. The highest BCUT2D eigenvalue weighted by molar-refractivity contribution is 8.00. The monoisotopic (exact) mass is 300 g/mol. The topological polar surface area (TPSA) is 53.0 Å². The third-order valence-electron chi connectivity index (χ3n) is 2.83. The molecule has 100 valence electrons. The number of benzene rings is 2. The van der Waals surface area contributed by atoms with Gasteiger partial charge in [0.1, 0.15) is 0 Å². The zero-order valence-corrected chi connectivity index (χ0v) is 12.0. The minimum atomic E-state index is -1.14. The average molecular weight is 300 g/mol. The van der Waals surface area contributed by atoms with Crippen LogP contribution in [0.3, 0.4) is 0 Å². The lowest BCUT2D eigenvalue weighted by molar-refractivity contribution is -0.255. The van der Waals surface area contributed by atoms with Gasteiger partial charge in [-0.15, -0.1) is 11.3 Å². The van der Waals surface area contributed by atoms with Gasteiger partial charge in [-0.25, -0.2) is 4.98 Å². The van der Waals surface area contributed by atoms with Gasteiger partial charge in [0.2, 0.25) is 0 Å². The number of para-hydroxylation sites is 1. The number of fused-ring (bicyclic) bond motifs is 1. The molecule has 0 saturated heterocycles. The number of rotatable bonds is 4. The maximum Gasteiger partial charge on any atom is 0.151 e. The van der Waals surface area contributed by atoms with Crippen LogP contribution in [0.25, 0.3) is 10.2 Å². The molecule has 0 fully saturated rings. The van der Waals surface area contributed by atoms with Gasteiger partial charge in [-0.2, -0.15) is 0 Å². The molecule has 3 rings (SSSR count). The van der Waals surface area contributed by atoms with Crippen LogP contribution in [-0.4, -0.2) is 11.0 Å². The van der Waals surface area contributed by atoms with Crippen molar-refractivity contribution >= 4 is 39.3 Å². The third-order valence-corrected chi connectivity index (χ3v) is 5.08. The van der Waals surface area contributed by atoms with Crippen LogP contribution in [0.5, 0.6) is 0 Å². The van der Waals surface area contributed by atoms with Gasteiger partial charge in [-0.3, -0.25) is 0 Å². The fourth-order valence-corrected chi connectivity index (χ4v) is 3.82. The molecule has 20 heavy (non-hydrogen) atoms. The highest BCUT2D eigenvalue weighted by Crippen LogP contribution is 2.31. The average Bonchev–Trinajstić information content (AvgIpc) is 2.88. The molecule has 1 heterocycles. The van der Waals surface area contributed by atoms with E-state index in [4.69, 9.17) is 0 Å². The van der Waals surface area contributed by atoms with Gasteiger partial charge in [0.05, 0.1) is 16.2 Å². The Hall–Kier alpha value is -1.85. The summed E-state index contributed by atoms with van der Waals surface area (Å²) in [4.78, 5) is 15.2. The summed E-state index contributed by atoms with van der Waals surface area (Å²) in [5, 5.41) is 10.7. The van der Waals surface area contributed by atoms with Crippen LogP contribution in [0.1, 0.15) is 15.9 Å². The summed E-state index contributed by atoms with van der Waals surface area (Å²) in [6.07, 6.45) is 0. The van der Waals surface area contributed by atoms with E-state index in [1.165, 1.54) is 4.70 Å². The van der Waals surface area contributed by atoms with Gasteiger partial charge in [-0.1, -0.05) is 48.2 Å². The van der Waals surface area contributed by atoms with Crippen LogP contribution >= 0.6 is 23.1 Å². The number of thioether (sulfide) groups is 1. The fourth-order valence-electron chi connectivity index (χ4n) is 1.79. The molecule has 3 nitrogen and oxygen atoms in total. The molecule has 0 atom stereocenters. The van der Waals surface area contributed by atoms with Gasteiger partial charge < -0.3 is 9.90 Å². The lowest BCUT2D eigenvalue weighted by Crippen LogP contribution is -2.21. The number of aromatic carboxylic acids is 1. The van der Waals surface area contributed by atoms with Crippen molar-refractivity contribution in [3.63, 3.8) is 0 Å². The number of aromatic nitrogens is 1. The number of thiazole rings is 1. The Bertz CT molecular complexity index is 717. The van der Waals surface area contributed by atoms with Gasteiger partial charge in [0, 0.05) is 5.75 Å². The molecular formula is C15H10NO2S2-. The molecular weight excluding hydrogens is 290 g/mol. The van der Waals surface area contributed by atoms with E-state index in [9.17, 15) is 9.90 Å². The predicted octanol–water partition coefficient (Wildman–Crippen LogP) is 2.95. The largest absolute Gasteiger partial charge is 0.545 e. The second-order valence-corrected chi connectivity index (χ2v) is 6.47. The van der Waals surface area contributed by atoms with Crippen molar-refractivity contribution in [3.8, 4) is 0 Å². The van der Waals surface area contributed by atoms with E-state index < -0.39 is 5.97 Å². The third kappa shape index (κ3) is 2.84. The van der Waals surface area contributed by atoms with E-state index in [-0.39, 0.29) is 5.56 Å². The van der Waals surface area contributed by atoms with Gasteiger partial charge in [0.15, 0.2) is 4.34 Å². The van der Waals surface area contributed by atoms with Crippen LogP contribution in [0, 0.1) is 0 Å². The highest BCUT2D eigenvalue weighted by atomic mass is 32.2. The van der Waals surface area contributed by atoms with E-state index in [0.717, 1.165) is 21.2 Å². The molecule has 0 unspecified atom stereocenters. The van der Waals surface area contributed by atoms with Crippen molar-refractivity contribution in [2.24, 2.45) is 0 Å². The zero-order valence-electron chi connectivity index (χ0n) is 10.4. The predicted molar refractivity (Wildman–Crippen MR) is 80.0 cm³/mol. The van der Waals surface area contributed by atoms with Gasteiger partial charge in [0.25, 0.3) is 0 Å². The first kappa shape index (κ1) is 13.1. The Morgan fingerprint density at radius 2 is 1.90 bits per heavy atom. The molecule has 3 aromatic rings. The van der Waals surface area contributed by atoms with Gasteiger partial charge >= 0.3 is 0 Å². The summed E-state index contributed by atoms with van der Waals surface area (Å²) >= 11 is 3.33. The summed E-state index contributed by atoms with van der Waals surface area (Å²) in [5.41, 5.74) is 2.30. The standard InChI is InChI=1S/C15H11NO2S2/c17-14(18)11-7-5-10(6-8-11)9-19-15-16-12-3-1-2-4-13(12)20-15/h1-8H,9H2,(H,17,18)/p-1. The first-order chi connectivity index (χ1) is 9.72. The summed E-state index contributed by atoms with van der Waals surface area (Å²) < 4.78 is 2.21. The molecule has 2 aromatic carbocycles. The number of nitrogens with zero attached hydrogens (tertiary/aromatic N) is 1. The SMILES string of the molecule is O=C([O-])c1ccc(CSc2nc3ccccc3s2)cc1. The molecule has 0 amide bonds. The zero-order chi connectivity index (χ0) is 13.9. The molecule has 0 spiro atoms. The molecule has 5 heteroatoms. The summed E-state index contributed by atoms with van der Waals surface area (Å²) in [6, 6.07) is 14.8. The minimum absolute atomic E-state index is 0.207. The van der Waals surface area contributed by atoms with Crippen LogP contribution < -0.4 is 5.11 Å². The van der Waals surface area contributed by atoms with E-state index in [0.29, 0.717) is 0 Å². The Labute approximate surface area is 124 Å². The number of hydrogen-bond acceptors (Lipinski definition) is 5. The minimum Gasteiger partial charge on any atom is -0.545 e. The smallest absolute Gasteiger partial charge is 0.151 e. The second-order valence-electron chi connectivity index (χ2n) is 4.22. The van der Waals surface area contributed by atoms with Crippen LogP contribution in [0.4, 0.5) is 0 Å². The summed E-state index contributed by atoms with van der Waals surface area (Å²) in [6.45, 7) is 0. The molecule has 0 bridgehead atoms. The molecule has 0 radical (unpaired) electrons. The van der Waals surface area contributed by atoms with Crippen molar-refractivity contribution in [3.05, 3.63) is 59.7 Å². The van der Waals surface area contributed by atoms with Crippen LogP contribution in [0.15, 0.2) is 52.9 Å². The second kappa shape index (κ2) is 5.64. The van der Waals surface area contributed by atoms with Gasteiger partial charge in [-0.05, 0) is 23.3 Å². The highest BCUT2D eigenvalue weighted by Gasteiger charge is 2.04. The maximum atomic E-state index is 10.7. The van der Waals surface area contributed by atoms with E-state index >= 15 is 0 Å². The van der Waals surface area contributed by atoms with E-state index in [1.807, 2.05) is 30.3 Å². The molecule has 1 aromatic heterocycles. The Morgan fingerprint density at radius 1 is 1.15 bits per heavy atom. The first-order valence-corrected chi connectivity index (χ1v) is 7.81. The van der Waals surface area contributed by atoms with Crippen molar-refractivity contribution in [1.82, 2.24) is 4.98 Å². The van der Waals surface area contributed by atoms with Crippen molar-refractivity contribution in [2.45, 2.75) is 10.1 Å². The summed E-state index contributed by atoms with van der Waals surface area (Å²) in [5.74, 6) is -0.372. The maximum absolute atomic E-state index is 10.7. The Morgan fingerprint density at radius 3 is 2.60 bits per heavy atom. The summed E-state index contributed by atoms with van der Waals surface area (Å²) in [7, 11) is 0. The van der Waals surface area contributed by atoms with Crippen LogP contribution in [0.2, 0.25) is 0 Å². The number of carboxylic acid groups (broad SMARTS) is 1. The normalized spacial score (nSPS) is 10.8. The fraction of sp³-hybridized carbons (Fsp3) is 0.0667. The number of hydrogen-bond donors (Lipinski definition) is 0. The molecule has 0 aliphatic carbocycles. The lowest BCUT2D eigenvalue weighted by Gasteiger charge is -2.03. The number of carboxylic acids is 1. The molecule has 0 aliphatic rings.